The van der Waals surface area contributed by atoms with Crippen LogP contribution in [-0.2, 0) is 23.0 Å². The Bertz CT molecular complexity index is 1280. The summed E-state index contributed by atoms with van der Waals surface area (Å²) in [6.07, 6.45) is 3.90. The highest BCUT2D eigenvalue weighted by molar-refractivity contribution is 7.89. The minimum absolute atomic E-state index is 0.0291. The van der Waals surface area contributed by atoms with Gasteiger partial charge < -0.3 is 4.90 Å². The number of nitrogens with zero attached hydrogens (tertiary/aromatic N) is 4. The van der Waals surface area contributed by atoms with Gasteiger partial charge in [0.1, 0.15) is 10.7 Å². The molecule has 0 N–H and O–H groups in total. The normalized spacial score (nSPS) is 17.1. The van der Waals surface area contributed by atoms with E-state index < -0.39 is 10.0 Å². The Labute approximate surface area is 204 Å². The minimum atomic E-state index is -3.82. The van der Waals surface area contributed by atoms with Crippen LogP contribution in [0.4, 0.5) is 5.82 Å². The molecular weight excluding hydrogens is 479 g/mol. The highest BCUT2D eigenvalue weighted by Gasteiger charge is 2.34. The van der Waals surface area contributed by atoms with E-state index in [9.17, 15) is 8.42 Å². The van der Waals surface area contributed by atoms with E-state index >= 15 is 0 Å². The van der Waals surface area contributed by atoms with Crippen LogP contribution in [0.2, 0.25) is 10.0 Å². The number of aromatic nitrogens is 2. The molecule has 5 rings (SSSR count). The maximum Gasteiger partial charge on any atom is 0.244 e. The first-order chi connectivity index (χ1) is 15.9. The van der Waals surface area contributed by atoms with Gasteiger partial charge >= 0.3 is 0 Å². The van der Waals surface area contributed by atoms with Gasteiger partial charge in [0.25, 0.3) is 0 Å². The number of halogens is 2. The molecule has 6 nitrogen and oxygen atoms in total. The van der Waals surface area contributed by atoms with E-state index in [-0.39, 0.29) is 16.5 Å². The Balaban J connectivity index is 1.57. The van der Waals surface area contributed by atoms with Gasteiger partial charge in [-0.05, 0) is 37.5 Å². The molecule has 0 saturated carbocycles. The molecule has 2 aliphatic rings. The number of sulfonamides is 1. The molecule has 0 amide bonds. The molecule has 0 unspecified atom stereocenters. The lowest BCUT2D eigenvalue weighted by atomic mass is 10.0. The number of rotatable bonds is 4. The maximum absolute atomic E-state index is 13.5. The van der Waals surface area contributed by atoms with Crippen LogP contribution in [0.3, 0.4) is 0 Å². The predicted octanol–water partition coefficient (Wildman–Crippen LogP) is 5.19. The minimum Gasteiger partial charge on any atom is -0.356 e. The van der Waals surface area contributed by atoms with E-state index in [1.54, 1.807) is 6.07 Å². The lowest BCUT2D eigenvalue weighted by Crippen LogP contribution is -2.39. The summed E-state index contributed by atoms with van der Waals surface area (Å²) in [6.45, 7) is 2.35. The number of anilines is 1. The fourth-order valence-corrected chi connectivity index (χ4v) is 6.62. The second-order valence-corrected chi connectivity index (χ2v) is 11.1. The Kier molecular flexibility index (Phi) is 6.31. The van der Waals surface area contributed by atoms with Gasteiger partial charge in [0.2, 0.25) is 10.0 Å². The van der Waals surface area contributed by atoms with Crippen molar-refractivity contribution in [2.75, 3.05) is 24.5 Å². The summed E-state index contributed by atoms with van der Waals surface area (Å²) in [5.41, 5.74) is 2.75. The third-order valence-electron chi connectivity index (χ3n) is 6.20. The molecule has 0 atom stereocenters. The lowest BCUT2D eigenvalue weighted by Gasteiger charge is -2.34. The molecular formula is C24H24Cl2N4O2S. The van der Waals surface area contributed by atoms with Crippen molar-refractivity contribution in [2.24, 2.45) is 0 Å². The van der Waals surface area contributed by atoms with Crippen LogP contribution < -0.4 is 4.90 Å². The Morgan fingerprint density at radius 1 is 0.879 bits per heavy atom. The van der Waals surface area contributed by atoms with Crippen LogP contribution in [0.5, 0.6) is 0 Å². The summed E-state index contributed by atoms with van der Waals surface area (Å²) in [5, 5.41) is 0.498. The van der Waals surface area contributed by atoms with Gasteiger partial charge in [-0.25, -0.2) is 18.4 Å². The summed E-state index contributed by atoms with van der Waals surface area (Å²) in [5.74, 6) is 1.53. The third kappa shape index (κ3) is 4.47. The molecule has 3 heterocycles. The van der Waals surface area contributed by atoms with Crippen LogP contribution in [0, 0.1) is 0 Å². The maximum atomic E-state index is 13.5. The van der Waals surface area contributed by atoms with Crippen molar-refractivity contribution in [3.8, 4) is 11.4 Å². The highest BCUT2D eigenvalue weighted by Crippen LogP contribution is 2.35. The molecule has 3 aromatic rings. The Morgan fingerprint density at radius 2 is 1.64 bits per heavy atom. The fourth-order valence-electron chi connectivity index (χ4n) is 4.47. The first-order valence-electron chi connectivity index (χ1n) is 11.1. The Hall–Kier alpha value is -2.19. The van der Waals surface area contributed by atoms with E-state index in [0.717, 1.165) is 48.6 Å². The van der Waals surface area contributed by atoms with Crippen LogP contribution in [-0.4, -0.2) is 42.3 Å². The molecule has 0 aliphatic carbocycles. The zero-order chi connectivity index (χ0) is 23.0. The van der Waals surface area contributed by atoms with Crippen molar-refractivity contribution >= 4 is 39.0 Å². The summed E-state index contributed by atoms with van der Waals surface area (Å²) in [6, 6.07) is 14.4. The SMILES string of the molecule is O=S(=O)(c1cc(Cl)ccc1Cl)N1CCc2nc(-c3ccccc3)nc(N3CCCCC3)c2C1. The topological polar surface area (TPSA) is 66.4 Å². The fraction of sp³-hybridized carbons (Fsp3) is 0.333. The zero-order valence-corrected chi connectivity index (χ0v) is 20.4. The summed E-state index contributed by atoms with van der Waals surface area (Å²) < 4.78 is 28.4. The van der Waals surface area contributed by atoms with Gasteiger partial charge in [-0.2, -0.15) is 4.31 Å². The molecule has 2 aromatic carbocycles. The van der Waals surface area contributed by atoms with Crippen molar-refractivity contribution in [2.45, 2.75) is 37.1 Å². The summed E-state index contributed by atoms with van der Waals surface area (Å²) in [4.78, 5) is 12.1. The number of hydrogen-bond acceptors (Lipinski definition) is 5. The number of hydrogen-bond donors (Lipinski definition) is 0. The molecule has 1 aromatic heterocycles. The summed E-state index contributed by atoms with van der Waals surface area (Å²) >= 11 is 12.3. The number of benzene rings is 2. The molecule has 0 radical (unpaired) electrons. The van der Waals surface area contributed by atoms with Crippen LogP contribution in [0.1, 0.15) is 30.5 Å². The van der Waals surface area contributed by atoms with Gasteiger partial charge in [0, 0.05) is 48.7 Å². The van der Waals surface area contributed by atoms with E-state index in [0.29, 0.717) is 23.8 Å². The highest BCUT2D eigenvalue weighted by atomic mass is 35.5. The molecule has 1 fully saturated rings. The van der Waals surface area contributed by atoms with Crippen LogP contribution in [0.15, 0.2) is 53.4 Å². The molecule has 1 saturated heterocycles. The molecule has 172 valence electrons. The number of fused-ring (bicyclic) bond motifs is 1. The molecule has 0 bridgehead atoms. The van der Waals surface area contributed by atoms with Gasteiger partial charge in [0.05, 0.1) is 10.7 Å². The average molecular weight is 503 g/mol. The summed E-state index contributed by atoms with van der Waals surface area (Å²) in [7, 11) is -3.82. The average Bonchev–Trinajstić information content (AvgIpc) is 2.85. The van der Waals surface area contributed by atoms with E-state index in [4.69, 9.17) is 33.2 Å². The smallest absolute Gasteiger partial charge is 0.244 e. The predicted molar refractivity (Wildman–Crippen MR) is 131 cm³/mol. The zero-order valence-electron chi connectivity index (χ0n) is 18.0. The quantitative estimate of drug-likeness (QED) is 0.491. The standard InChI is InChI=1S/C24H24Cl2N4O2S/c25-18-9-10-20(26)22(15-18)33(31,32)30-14-11-21-19(16-30)24(29-12-5-2-6-13-29)28-23(27-21)17-7-3-1-4-8-17/h1,3-4,7-10,15H,2,5-6,11-14,16H2. The molecule has 2 aliphatic heterocycles. The second-order valence-electron chi connectivity index (χ2n) is 8.37. The number of piperidine rings is 1. The molecule has 33 heavy (non-hydrogen) atoms. The van der Waals surface area contributed by atoms with Gasteiger partial charge in [-0.1, -0.05) is 53.5 Å². The van der Waals surface area contributed by atoms with Crippen molar-refractivity contribution in [3.63, 3.8) is 0 Å². The van der Waals surface area contributed by atoms with Crippen molar-refractivity contribution in [1.82, 2.24) is 14.3 Å². The monoisotopic (exact) mass is 502 g/mol. The van der Waals surface area contributed by atoms with E-state index in [1.807, 2.05) is 30.3 Å². The molecule has 0 spiro atoms. The first kappa shape index (κ1) is 22.6. The van der Waals surface area contributed by atoms with Crippen molar-refractivity contribution in [1.29, 1.82) is 0 Å². The van der Waals surface area contributed by atoms with Crippen LogP contribution in [0.25, 0.3) is 11.4 Å². The van der Waals surface area contributed by atoms with E-state index in [1.165, 1.54) is 22.9 Å². The van der Waals surface area contributed by atoms with Gasteiger partial charge in [-0.3, -0.25) is 0 Å². The van der Waals surface area contributed by atoms with Gasteiger partial charge in [-0.15, -0.1) is 0 Å². The van der Waals surface area contributed by atoms with Crippen molar-refractivity contribution in [3.05, 3.63) is 69.8 Å². The molecule has 9 heteroatoms. The van der Waals surface area contributed by atoms with Crippen molar-refractivity contribution < 1.29 is 8.42 Å². The van der Waals surface area contributed by atoms with Gasteiger partial charge in [0.15, 0.2) is 5.82 Å². The van der Waals surface area contributed by atoms with Crippen LogP contribution >= 0.6 is 23.2 Å². The Morgan fingerprint density at radius 3 is 2.39 bits per heavy atom. The first-order valence-corrected chi connectivity index (χ1v) is 13.3. The third-order valence-corrected chi connectivity index (χ3v) is 8.76. The second kappa shape index (κ2) is 9.22. The largest absolute Gasteiger partial charge is 0.356 e. The van der Waals surface area contributed by atoms with E-state index in [2.05, 4.69) is 4.90 Å². The lowest BCUT2D eigenvalue weighted by molar-refractivity contribution is 0.386.